The molecule has 2 N–H and O–H groups in total. The van der Waals surface area contributed by atoms with Gasteiger partial charge in [-0.2, -0.15) is 0 Å². The number of anilines is 1. The highest BCUT2D eigenvalue weighted by Gasteiger charge is 2.09. The molecule has 1 aromatic heterocycles. The molecular formula is C26H31N3. The van der Waals surface area contributed by atoms with Crippen LogP contribution in [0.4, 0.5) is 5.69 Å². The van der Waals surface area contributed by atoms with Crippen molar-refractivity contribution < 1.29 is 0 Å². The van der Waals surface area contributed by atoms with E-state index in [0.29, 0.717) is 0 Å². The molecule has 3 rings (SSSR count). The first-order chi connectivity index (χ1) is 14.2. The number of aromatic nitrogens is 1. The lowest BCUT2D eigenvalue weighted by Crippen LogP contribution is -2.19. The van der Waals surface area contributed by atoms with Gasteiger partial charge in [0.2, 0.25) is 0 Å². The Morgan fingerprint density at radius 1 is 1.00 bits per heavy atom. The van der Waals surface area contributed by atoms with Gasteiger partial charge in [0, 0.05) is 42.7 Å². The van der Waals surface area contributed by atoms with Crippen molar-refractivity contribution in [1.29, 1.82) is 0 Å². The lowest BCUT2D eigenvalue weighted by molar-refractivity contribution is 0.335. The van der Waals surface area contributed by atoms with E-state index >= 15 is 0 Å². The number of nitrogens with two attached hydrogens (primary N) is 1. The van der Waals surface area contributed by atoms with Crippen LogP contribution in [-0.4, -0.2) is 23.5 Å². The van der Waals surface area contributed by atoms with E-state index in [4.69, 9.17) is 5.73 Å². The van der Waals surface area contributed by atoms with Crippen LogP contribution in [0.3, 0.4) is 0 Å². The molecule has 0 spiro atoms. The van der Waals surface area contributed by atoms with Crippen LogP contribution in [0.1, 0.15) is 35.7 Å². The first-order valence-corrected chi connectivity index (χ1v) is 10.4. The van der Waals surface area contributed by atoms with Crippen molar-refractivity contribution in [2.45, 2.75) is 32.7 Å². The van der Waals surface area contributed by atoms with Gasteiger partial charge in [-0.05, 0) is 60.9 Å². The maximum absolute atomic E-state index is 6.37. The van der Waals surface area contributed by atoms with E-state index in [9.17, 15) is 0 Å². The van der Waals surface area contributed by atoms with Crippen LogP contribution in [-0.2, 0) is 19.4 Å². The number of pyridine rings is 1. The third-order valence-corrected chi connectivity index (χ3v) is 5.21. The summed E-state index contributed by atoms with van der Waals surface area (Å²) in [5.41, 5.74) is 13.4. The van der Waals surface area contributed by atoms with Crippen molar-refractivity contribution in [3.8, 4) is 0 Å². The molecule has 3 heteroatoms. The van der Waals surface area contributed by atoms with Gasteiger partial charge in [0.15, 0.2) is 0 Å². The van der Waals surface area contributed by atoms with Crippen molar-refractivity contribution >= 4 is 11.3 Å². The number of nitrogens with zero attached hydrogens (tertiary/aromatic N) is 2. The molecule has 0 aliphatic heterocycles. The molecular weight excluding hydrogens is 354 g/mol. The quantitative estimate of drug-likeness (QED) is 0.503. The van der Waals surface area contributed by atoms with Gasteiger partial charge in [-0.15, -0.1) is 0 Å². The van der Waals surface area contributed by atoms with Crippen LogP contribution < -0.4 is 5.73 Å². The first kappa shape index (κ1) is 20.8. The molecule has 3 nitrogen and oxygen atoms in total. The maximum atomic E-state index is 6.37. The Morgan fingerprint density at radius 2 is 1.79 bits per heavy atom. The third-order valence-electron chi connectivity index (χ3n) is 5.21. The van der Waals surface area contributed by atoms with Gasteiger partial charge < -0.3 is 10.6 Å². The highest BCUT2D eigenvalue weighted by Crippen LogP contribution is 2.27. The van der Waals surface area contributed by atoms with Gasteiger partial charge in [-0.25, -0.2) is 0 Å². The van der Waals surface area contributed by atoms with E-state index in [2.05, 4.69) is 78.5 Å². The molecule has 0 unspecified atom stereocenters. The smallest absolute Gasteiger partial charge is 0.0441 e. The van der Waals surface area contributed by atoms with Crippen LogP contribution in [0.5, 0.6) is 0 Å². The SMILES string of the molecule is CCc1ccc(N)c(/C(=C/Cc2ccccn2)CCN(C)Cc2ccccc2)c1. The minimum absolute atomic E-state index is 0.814. The minimum atomic E-state index is 0.814. The number of allylic oxidation sites excluding steroid dienone is 1. The second kappa shape index (κ2) is 10.6. The van der Waals surface area contributed by atoms with Gasteiger partial charge in [0.1, 0.15) is 0 Å². The van der Waals surface area contributed by atoms with Gasteiger partial charge in [-0.3, -0.25) is 4.98 Å². The molecule has 0 atom stereocenters. The predicted octanol–water partition coefficient (Wildman–Crippen LogP) is 5.37. The highest BCUT2D eigenvalue weighted by molar-refractivity contribution is 5.76. The Hall–Kier alpha value is -2.91. The maximum Gasteiger partial charge on any atom is 0.0441 e. The predicted molar refractivity (Wildman–Crippen MR) is 124 cm³/mol. The van der Waals surface area contributed by atoms with Crippen LogP contribution in [0.15, 0.2) is 79.0 Å². The van der Waals surface area contributed by atoms with Crippen molar-refractivity contribution in [3.63, 3.8) is 0 Å². The molecule has 0 aliphatic rings. The van der Waals surface area contributed by atoms with Crippen LogP contribution in [0.2, 0.25) is 0 Å². The van der Waals surface area contributed by atoms with Crippen molar-refractivity contribution in [3.05, 3.63) is 101 Å². The summed E-state index contributed by atoms with van der Waals surface area (Å²) in [5, 5.41) is 0. The fourth-order valence-corrected chi connectivity index (χ4v) is 3.48. The van der Waals surface area contributed by atoms with E-state index in [1.165, 1.54) is 16.7 Å². The molecule has 29 heavy (non-hydrogen) atoms. The molecule has 150 valence electrons. The molecule has 3 aromatic rings. The Bertz CT molecular complexity index is 917. The fraction of sp³-hybridized carbons (Fsp3) is 0.269. The summed E-state index contributed by atoms with van der Waals surface area (Å²) in [4.78, 5) is 6.83. The van der Waals surface area contributed by atoms with Crippen molar-refractivity contribution in [2.24, 2.45) is 0 Å². The summed E-state index contributed by atoms with van der Waals surface area (Å²) in [7, 11) is 2.18. The summed E-state index contributed by atoms with van der Waals surface area (Å²) in [6.07, 6.45) is 6.92. The summed E-state index contributed by atoms with van der Waals surface area (Å²) in [6, 6.07) is 23.1. The van der Waals surface area contributed by atoms with Crippen molar-refractivity contribution in [1.82, 2.24) is 9.88 Å². The number of benzene rings is 2. The molecule has 2 aromatic carbocycles. The van der Waals surface area contributed by atoms with Crippen LogP contribution in [0, 0.1) is 0 Å². The molecule has 0 fully saturated rings. The van der Waals surface area contributed by atoms with Crippen molar-refractivity contribution in [2.75, 3.05) is 19.3 Å². The third kappa shape index (κ3) is 6.30. The van der Waals surface area contributed by atoms with Crippen LogP contribution >= 0.6 is 0 Å². The van der Waals surface area contributed by atoms with E-state index in [1.807, 2.05) is 24.4 Å². The standard InChI is InChI=1S/C26H31N3/c1-3-21-12-15-26(27)25(19-21)23(13-14-24-11-7-8-17-28-24)16-18-29(2)20-22-9-5-4-6-10-22/h4-13,15,17,19H,3,14,16,18,20,27H2,1-2H3/b23-13+. The number of rotatable bonds is 9. The summed E-state index contributed by atoms with van der Waals surface area (Å²) >= 11 is 0. The highest BCUT2D eigenvalue weighted by atomic mass is 15.1. The zero-order valence-electron chi connectivity index (χ0n) is 17.5. The second-order valence-electron chi connectivity index (χ2n) is 7.50. The summed E-state index contributed by atoms with van der Waals surface area (Å²) < 4.78 is 0. The van der Waals surface area contributed by atoms with Gasteiger partial charge >= 0.3 is 0 Å². The lowest BCUT2D eigenvalue weighted by Gasteiger charge is -2.19. The Labute approximate surface area is 174 Å². The first-order valence-electron chi connectivity index (χ1n) is 10.4. The number of hydrogen-bond donors (Lipinski definition) is 1. The van der Waals surface area contributed by atoms with E-state index in [1.54, 1.807) is 0 Å². The Kier molecular flexibility index (Phi) is 7.60. The Morgan fingerprint density at radius 3 is 2.52 bits per heavy atom. The second-order valence-corrected chi connectivity index (χ2v) is 7.50. The largest absolute Gasteiger partial charge is 0.398 e. The minimum Gasteiger partial charge on any atom is -0.398 e. The van der Waals surface area contributed by atoms with E-state index in [0.717, 1.165) is 49.3 Å². The monoisotopic (exact) mass is 385 g/mol. The molecule has 0 aliphatic carbocycles. The molecule has 0 saturated heterocycles. The zero-order valence-corrected chi connectivity index (χ0v) is 17.5. The molecule has 0 amide bonds. The molecule has 0 saturated carbocycles. The Balaban J connectivity index is 1.77. The van der Waals surface area contributed by atoms with Gasteiger partial charge in [-0.1, -0.05) is 55.5 Å². The fourth-order valence-electron chi connectivity index (χ4n) is 3.48. The topological polar surface area (TPSA) is 42.1 Å². The average molecular weight is 386 g/mol. The molecule has 0 radical (unpaired) electrons. The number of hydrogen-bond acceptors (Lipinski definition) is 3. The zero-order chi connectivity index (χ0) is 20.5. The normalized spacial score (nSPS) is 11.8. The van der Waals surface area contributed by atoms with E-state index in [-0.39, 0.29) is 0 Å². The number of nitrogen functional groups attached to an aromatic ring is 1. The van der Waals surface area contributed by atoms with E-state index < -0.39 is 0 Å². The number of aryl methyl sites for hydroxylation is 1. The summed E-state index contributed by atoms with van der Waals surface area (Å²) in [6.45, 7) is 4.10. The van der Waals surface area contributed by atoms with Gasteiger partial charge in [0.05, 0.1) is 0 Å². The van der Waals surface area contributed by atoms with Crippen LogP contribution in [0.25, 0.3) is 5.57 Å². The molecule has 0 bridgehead atoms. The molecule has 1 heterocycles. The van der Waals surface area contributed by atoms with Gasteiger partial charge in [0.25, 0.3) is 0 Å². The lowest BCUT2D eigenvalue weighted by atomic mass is 9.96. The average Bonchev–Trinajstić information content (AvgIpc) is 2.76. The summed E-state index contributed by atoms with van der Waals surface area (Å²) in [5.74, 6) is 0.